The van der Waals surface area contributed by atoms with Crippen molar-refractivity contribution in [2.45, 2.75) is 44.9 Å². The highest BCUT2D eigenvalue weighted by molar-refractivity contribution is 5.78. The molecule has 1 saturated carbocycles. The van der Waals surface area contributed by atoms with Crippen molar-refractivity contribution in [2.24, 2.45) is 11.8 Å². The predicted octanol–water partition coefficient (Wildman–Crippen LogP) is 2.99. The average molecular weight is 221 g/mol. The van der Waals surface area contributed by atoms with Gasteiger partial charge in [0.2, 0.25) is 5.91 Å². The van der Waals surface area contributed by atoms with Crippen LogP contribution in [0.1, 0.15) is 44.9 Å². The summed E-state index contributed by atoms with van der Waals surface area (Å²) in [5.41, 5.74) is 0. The summed E-state index contributed by atoms with van der Waals surface area (Å²) in [6, 6.07) is 0. The van der Waals surface area contributed by atoms with Crippen LogP contribution in [-0.4, -0.2) is 24.4 Å². The minimum Gasteiger partial charge on any atom is -0.345 e. The van der Waals surface area contributed by atoms with Gasteiger partial charge in [-0.25, -0.2) is 0 Å². The maximum Gasteiger partial charge on any atom is 0.225 e. The molecule has 0 N–H and O–H groups in total. The summed E-state index contributed by atoms with van der Waals surface area (Å²) in [6.07, 6.45) is 12.8. The Bertz CT molecular complexity index is 266. The lowest BCUT2D eigenvalue weighted by Gasteiger charge is -2.26. The van der Waals surface area contributed by atoms with Crippen LogP contribution < -0.4 is 0 Å². The van der Waals surface area contributed by atoms with Gasteiger partial charge in [0, 0.05) is 19.5 Å². The Morgan fingerprint density at radius 1 is 1.25 bits per heavy atom. The molecule has 0 aliphatic heterocycles. The highest BCUT2D eigenvalue weighted by Gasteiger charge is 2.24. The summed E-state index contributed by atoms with van der Waals surface area (Å²) in [5, 5.41) is 0. The van der Waals surface area contributed by atoms with Gasteiger partial charge in [0.25, 0.3) is 0 Å². The summed E-state index contributed by atoms with van der Waals surface area (Å²) in [4.78, 5) is 14.2. The van der Waals surface area contributed by atoms with Gasteiger partial charge in [-0.15, -0.1) is 0 Å². The van der Waals surface area contributed by atoms with E-state index in [1.165, 1.54) is 25.7 Å². The molecule has 90 valence electrons. The van der Waals surface area contributed by atoms with Crippen LogP contribution in [-0.2, 0) is 4.79 Å². The Morgan fingerprint density at radius 2 is 2.00 bits per heavy atom. The molecule has 2 aliphatic carbocycles. The fraction of sp³-hybridized carbons (Fsp3) is 0.786. The lowest BCUT2D eigenvalue weighted by atomic mass is 9.93. The summed E-state index contributed by atoms with van der Waals surface area (Å²) < 4.78 is 0. The number of allylic oxidation sites excluding steroid dienone is 2. The Hall–Kier alpha value is -0.790. The van der Waals surface area contributed by atoms with Crippen LogP contribution >= 0.6 is 0 Å². The highest BCUT2D eigenvalue weighted by atomic mass is 16.2. The Balaban J connectivity index is 1.80. The van der Waals surface area contributed by atoms with Gasteiger partial charge in [0.15, 0.2) is 0 Å². The molecule has 0 aromatic rings. The highest BCUT2D eigenvalue weighted by Crippen LogP contribution is 2.26. The molecule has 1 atom stereocenters. The van der Waals surface area contributed by atoms with Gasteiger partial charge in [0.05, 0.1) is 0 Å². The number of hydrogen-bond acceptors (Lipinski definition) is 1. The number of amides is 1. The lowest BCUT2D eigenvalue weighted by Crippen LogP contribution is -2.36. The minimum atomic E-state index is 0.261. The molecule has 2 rings (SSSR count). The monoisotopic (exact) mass is 221 g/mol. The Kier molecular flexibility index (Phi) is 4.03. The summed E-state index contributed by atoms with van der Waals surface area (Å²) in [5.74, 6) is 1.40. The molecule has 0 radical (unpaired) electrons. The van der Waals surface area contributed by atoms with Crippen LogP contribution in [0.3, 0.4) is 0 Å². The van der Waals surface area contributed by atoms with E-state index in [0.717, 1.165) is 31.7 Å². The molecule has 0 heterocycles. The maximum atomic E-state index is 12.2. The van der Waals surface area contributed by atoms with Gasteiger partial charge in [0.1, 0.15) is 0 Å². The molecule has 0 unspecified atom stereocenters. The van der Waals surface area contributed by atoms with Crippen molar-refractivity contribution in [1.82, 2.24) is 4.90 Å². The van der Waals surface area contributed by atoms with Crippen LogP contribution in [0.5, 0.6) is 0 Å². The number of rotatable bonds is 3. The van der Waals surface area contributed by atoms with Crippen molar-refractivity contribution in [1.29, 1.82) is 0 Å². The van der Waals surface area contributed by atoms with E-state index < -0.39 is 0 Å². The van der Waals surface area contributed by atoms with Crippen LogP contribution in [0.25, 0.3) is 0 Å². The molecule has 0 aromatic heterocycles. The summed E-state index contributed by atoms with van der Waals surface area (Å²) in [6.45, 7) is 0.985. The van der Waals surface area contributed by atoms with Crippen molar-refractivity contribution >= 4 is 5.91 Å². The van der Waals surface area contributed by atoms with Gasteiger partial charge < -0.3 is 4.90 Å². The standard InChI is InChI=1S/C14H23NO/c1-15(11-12-7-5-6-8-12)14(16)13-9-3-2-4-10-13/h2-3,12-13H,4-11H2,1H3/t13-/m0/s1. The van der Waals surface area contributed by atoms with Crippen molar-refractivity contribution in [3.8, 4) is 0 Å². The van der Waals surface area contributed by atoms with Crippen LogP contribution in [0.2, 0.25) is 0 Å². The first kappa shape index (κ1) is 11.7. The number of nitrogens with zero attached hydrogens (tertiary/aromatic N) is 1. The van der Waals surface area contributed by atoms with E-state index in [1.807, 2.05) is 11.9 Å². The molecule has 2 nitrogen and oxygen atoms in total. The largest absolute Gasteiger partial charge is 0.345 e. The first-order chi connectivity index (χ1) is 7.77. The quantitative estimate of drug-likeness (QED) is 0.671. The van der Waals surface area contributed by atoms with E-state index in [0.29, 0.717) is 5.91 Å². The van der Waals surface area contributed by atoms with Crippen molar-refractivity contribution in [3.05, 3.63) is 12.2 Å². The molecule has 0 aromatic carbocycles. The van der Waals surface area contributed by atoms with Crippen LogP contribution in [0.4, 0.5) is 0 Å². The van der Waals surface area contributed by atoms with E-state index in [2.05, 4.69) is 12.2 Å². The third-order valence-corrected chi connectivity index (χ3v) is 4.00. The molecular weight excluding hydrogens is 198 g/mol. The second-order valence-corrected chi connectivity index (χ2v) is 5.35. The zero-order chi connectivity index (χ0) is 11.4. The molecule has 16 heavy (non-hydrogen) atoms. The second kappa shape index (κ2) is 5.51. The number of hydrogen-bond donors (Lipinski definition) is 0. The Morgan fingerprint density at radius 3 is 2.62 bits per heavy atom. The maximum absolute atomic E-state index is 12.2. The zero-order valence-corrected chi connectivity index (χ0v) is 10.3. The topological polar surface area (TPSA) is 20.3 Å². The first-order valence-electron chi connectivity index (χ1n) is 6.67. The molecular formula is C14H23NO. The predicted molar refractivity (Wildman–Crippen MR) is 66.1 cm³/mol. The van der Waals surface area contributed by atoms with Gasteiger partial charge in [-0.2, -0.15) is 0 Å². The third kappa shape index (κ3) is 2.87. The molecule has 0 bridgehead atoms. The van der Waals surface area contributed by atoms with E-state index in [4.69, 9.17) is 0 Å². The van der Waals surface area contributed by atoms with E-state index >= 15 is 0 Å². The van der Waals surface area contributed by atoms with E-state index in [1.54, 1.807) is 0 Å². The summed E-state index contributed by atoms with van der Waals surface area (Å²) in [7, 11) is 1.99. The second-order valence-electron chi connectivity index (χ2n) is 5.35. The van der Waals surface area contributed by atoms with Gasteiger partial charge in [-0.1, -0.05) is 25.0 Å². The normalized spacial score (nSPS) is 25.9. The molecule has 2 aliphatic rings. The first-order valence-corrected chi connectivity index (χ1v) is 6.67. The third-order valence-electron chi connectivity index (χ3n) is 4.00. The fourth-order valence-corrected chi connectivity index (χ4v) is 3.00. The van der Waals surface area contributed by atoms with Gasteiger partial charge >= 0.3 is 0 Å². The summed E-state index contributed by atoms with van der Waals surface area (Å²) >= 11 is 0. The molecule has 1 amide bonds. The SMILES string of the molecule is CN(CC1CCCC1)C(=O)[C@H]1CC=CCC1. The average Bonchev–Trinajstić information content (AvgIpc) is 2.82. The van der Waals surface area contributed by atoms with Crippen molar-refractivity contribution in [3.63, 3.8) is 0 Å². The zero-order valence-electron chi connectivity index (χ0n) is 10.3. The van der Waals surface area contributed by atoms with Crippen molar-refractivity contribution < 1.29 is 4.79 Å². The Labute approximate surface area is 98.7 Å². The molecule has 2 heteroatoms. The van der Waals surface area contributed by atoms with Gasteiger partial charge in [-0.05, 0) is 38.0 Å². The number of carbonyl (C=O) groups is 1. The van der Waals surface area contributed by atoms with Crippen molar-refractivity contribution in [2.75, 3.05) is 13.6 Å². The smallest absolute Gasteiger partial charge is 0.225 e. The fourth-order valence-electron chi connectivity index (χ4n) is 3.00. The van der Waals surface area contributed by atoms with Crippen LogP contribution in [0.15, 0.2) is 12.2 Å². The van der Waals surface area contributed by atoms with E-state index in [-0.39, 0.29) is 5.92 Å². The minimum absolute atomic E-state index is 0.261. The molecule has 0 saturated heterocycles. The molecule has 1 fully saturated rings. The number of carbonyl (C=O) groups excluding carboxylic acids is 1. The van der Waals surface area contributed by atoms with Crippen LogP contribution in [0, 0.1) is 11.8 Å². The van der Waals surface area contributed by atoms with Gasteiger partial charge in [-0.3, -0.25) is 4.79 Å². The lowest BCUT2D eigenvalue weighted by molar-refractivity contribution is -0.135. The van der Waals surface area contributed by atoms with E-state index in [9.17, 15) is 4.79 Å². The molecule has 0 spiro atoms.